The summed E-state index contributed by atoms with van der Waals surface area (Å²) < 4.78 is 0.475. The fourth-order valence-corrected chi connectivity index (χ4v) is 5.28. The largest absolute Gasteiger partial charge is 0.550 e. The number of aliphatic carboxylic acids is 1. The minimum absolute atomic E-state index is 0.146. The third kappa shape index (κ3) is 5.85. The number of nitrogens with zero attached hydrogens (tertiary/aromatic N) is 2. The molecule has 1 saturated heterocycles. The van der Waals surface area contributed by atoms with Crippen LogP contribution in [0.3, 0.4) is 0 Å². The summed E-state index contributed by atoms with van der Waals surface area (Å²) in [4.78, 5) is 30.7. The number of carbonyl (C=O) groups is 2. The molecule has 7 heteroatoms. The lowest BCUT2D eigenvalue weighted by molar-refractivity contribution is -0.304. The van der Waals surface area contributed by atoms with Crippen molar-refractivity contribution >= 4 is 46.3 Å². The smallest absolute Gasteiger partial charge is 0.266 e. The van der Waals surface area contributed by atoms with E-state index in [2.05, 4.69) is 24.3 Å². The number of hydrogen-bond acceptors (Lipinski definition) is 6. The SMILES string of the molecule is O=C([O-])Cc1ccc(CN2C(=O)/C(=C/c3cccc(-c4ccc(-c5ccccc5)cc4)n3)SC2=S)cc1. The molecule has 0 atom stereocenters. The third-order valence-electron chi connectivity index (χ3n) is 5.92. The van der Waals surface area contributed by atoms with Gasteiger partial charge in [0.2, 0.25) is 0 Å². The normalized spacial score (nSPS) is 14.4. The van der Waals surface area contributed by atoms with Crippen LogP contribution in [0.1, 0.15) is 16.8 Å². The molecule has 0 saturated carbocycles. The van der Waals surface area contributed by atoms with Crippen molar-refractivity contribution in [3.8, 4) is 22.4 Å². The molecule has 0 aliphatic carbocycles. The predicted octanol–water partition coefficient (Wildman–Crippen LogP) is 5.11. The number of aromatic nitrogens is 1. The van der Waals surface area contributed by atoms with E-state index in [9.17, 15) is 14.7 Å². The number of hydrogen-bond donors (Lipinski definition) is 0. The van der Waals surface area contributed by atoms with E-state index in [1.54, 1.807) is 35.2 Å². The van der Waals surface area contributed by atoms with E-state index in [0.29, 0.717) is 27.0 Å². The number of amides is 1. The van der Waals surface area contributed by atoms with E-state index in [0.717, 1.165) is 27.9 Å². The Kier molecular flexibility index (Phi) is 7.25. The van der Waals surface area contributed by atoms with Crippen molar-refractivity contribution in [3.63, 3.8) is 0 Å². The number of carboxylic acids is 1. The highest BCUT2D eigenvalue weighted by atomic mass is 32.2. The van der Waals surface area contributed by atoms with Gasteiger partial charge in [-0.3, -0.25) is 9.69 Å². The van der Waals surface area contributed by atoms with Crippen LogP contribution < -0.4 is 5.11 Å². The van der Waals surface area contributed by atoms with Gasteiger partial charge in [0.25, 0.3) is 5.91 Å². The molecule has 1 aliphatic rings. The van der Waals surface area contributed by atoms with Crippen molar-refractivity contribution < 1.29 is 14.7 Å². The van der Waals surface area contributed by atoms with E-state index in [-0.39, 0.29) is 12.3 Å². The van der Waals surface area contributed by atoms with Crippen molar-refractivity contribution in [2.75, 3.05) is 0 Å². The predicted molar refractivity (Wildman–Crippen MR) is 149 cm³/mol. The standard InChI is InChI=1S/C30H22N2O3S2/c33-28(34)17-20-9-11-21(12-10-20)19-32-29(35)27(37-30(32)36)18-25-7-4-8-26(31-25)24-15-13-23(14-16-24)22-5-2-1-3-6-22/h1-16,18H,17,19H2,(H,33,34)/p-1/b27-18-. The van der Waals surface area contributed by atoms with Gasteiger partial charge in [0.1, 0.15) is 4.32 Å². The van der Waals surface area contributed by atoms with Crippen LogP contribution in [0.15, 0.2) is 102 Å². The summed E-state index contributed by atoms with van der Waals surface area (Å²) in [6, 6.07) is 31.2. The lowest BCUT2D eigenvalue weighted by Gasteiger charge is -2.15. The maximum atomic E-state index is 13.1. The number of benzene rings is 3. The van der Waals surface area contributed by atoms with Gasteiger partial charge in [0.15, 0.2) is 0 Å². The topological polar surface area (TPSA) is 73.3 Å². The summed E-state index contributed by atoms with van der Waals surface area (Å²) in [6.07, 6.45) is 1.62. The van der Waals surface area contributed by atoms with Gasteiger partial charge < -0.3 is 9.90 Å². The first-order chi connectivity index (χ1) is 18.0. The Balaban J connectivity index is 1.31. The Morgan fingerprint density at radius 1 is 0.838 bits per heavy atom. The van der Waals surface area contributed by atoms with Gasteiger partial charge >= 0.3 is 0 Å². The Hall–Kier alpha value is -4.07. The molecule has 1 aromatic heterocycles. The molecule has 0 spiro atoms. The fourth-order valence-electron chi connectivity index (χ4n) is 4.04. The average molecular weight is 522 g/mol. The van der Waals surface area contributed by atoms with E-state index < -0.39 is 5.97 Å². The molecule has 0 N–H and O–H groups in total. The minimum Gasteiger partial charge on any atom is -0.550 e. The second-order valence-corrected chi connectivity index (χ2v) is 10.2. The summed E-state index contributed by atoms with van der Waals surface area (Å²) in [7, 11) is 0. The first-order valence-electron chi connectivity index (χ1n) is 11.6. The summed E-state index contributed by atoms with van der Waals surface area (Å²) in [5, 5.41) is 10.8. The lowest BCUT2D eigenvalue weighted by Crippen LogP contribution is -2.27. The van der Waals surface area contributed by atoms with E-state index in [4.69, 9.17) is 17.2 Å². The lowest BCUT2D eigenvalue weighted by atomic mass is 10.0. The number of carbonyl (C=O) groups excluding carboxylic acids is 2. The first-order valence-corrected chi connectivity index (χ1v) is 12.8. The van der Waals surface area contributed by atoms with Gasteiger partial charge in [0.05, 0.1) is 22.8 Å². The van der Waals surface area contributed by atoms with Gasteiger partial charge in [-0.2, -0.15) is 0 Å². The highest BCUT2D eigenvalue weighted by Gasteiger charge is 2.32. The van der Waals surface area contributed by atoms with Crippen molar-refractivity contribution in [1.82, 2.24) is 9.88 Å². The van der Waals surface area contributed by atoms with E-state index in [1.165, 1.54) is 11.8 Å². The number of rotatable bonds is 7. The van der Waals surface area contributed by atoms with E-state index in [1.807, 2.05) is 48.5 Å². The molecule has 2 heterocycles. The summed E-state index contributed by atoms with van der Waals surface area (Å²) in [6.45, 7) is 0.314. The average Bonchev–Trinajstić information content (AvgIpc) is 3.17. The van der Waals surface area contributed by atoms with Gasteiger partial charge in [-0.15, -0.1) is 0 Å². The first kappa shape index (κ1) is 24.6. The highest BCUT2D eigenvalue weighted by Crippen LogP contribution is 2.34. The van der Waals surface area contributed by atoms with Crippen molar-refractivity contribution in [1.29, 1.82) is 0 Å². The second kappa shape index (κ2) is 10.9. The van der Waals surface area contributed by atoms with Crippen molar-refractivity contribution in [2.24, 2.45) is 0 Å². The monoisotopic (exact) mass is 521 g/mol. The van der Waals surface area contributed by atoms with Crippen LogP contribution in [0.4, 0.5) is 0 Å². The van der Waals surface area contributed by atoms with Crippen LogP contribution >= 0.6 is 24.0 Å². The molecule has 3 aromatic carbocycles. The highest BCUT2D eigenvalue weighted by molar-refractivity contribution is 8.26. The van der Waals surface area contributed by atoms with Crippen LogP contribution in [0.25, 0.3) is 28.5 Å². The maximum Gasteiger partial charge on any atom is 0.266 e. The van der Waals surface area contributed by atoms with Crippen LogP contribution in [-0.4, -0.2) is 26.1 Å². The number of thioether (sulfide) groups is 1. The summed E-state index contributed by atoms with van der Waals surface area (Å²) >= 11 is 6.72. The second-order valence-electron chi connectivity index (χ2n) is 8.52. The Bertz CT molecular complexity index is 1500. The van der Waals surface area contributed by atoms with Crippen LogP contribution in [-0.2, 0) is 22.6 Å². The van der Waals surface area contributed by atoms with Gasteiger partial charge in [-0.1, -0.05) is 109 Å². The van der Waals surface area contributed by atoms with Gasteiger partial charge in [0, 0.05) is 18.0 Å². The molecule has 182 valence electrons. The molecule has 37 heavy (non-hydrogen) atoms. The molecular weight excluding hydrogens is 500 g/mol. The van der Waals surface area contributed by atoms with Crippen LogP contribution in [0.2, 0.25) is 0 Å². The van der Waals surface area contributed by atoms with E-state index >= 15 is 0 Å². The summed E-state index contributed by atoms with van der Waals surface area (Å²) in [5.41, 5.74) is 6.29. The number of pyridine rings is 1. The molecule has 4 aromatic rings. The van der Waals surface area contributed by atoms with Crippen LogP contribution in [0.5, 0.6) is 0 Å². The molecule has 0 radical (unpaired) electrons. The molecule has 1 aliphatic heterocycles. The van der Waals surface area contributed by atoms with Gasteiger partial charge in [-0.05, 0) is 40.5 Å². The fraction of sp³-hybridized carbons (Fsp3) is 0.0667. The zero-order valence-electron chi connectivity index (χ0n) is 19.7. The zero-order chi connectivity index (χ0) is 25.8. The van der Waals surface area contributed by atoms with Crippen molar-refractivity contribution in [3.05, 3.63) is 119 Å². The molecule has 5 nitrogen and oxygen atoms in total. The number of carboxylic acid groups (broad SMARTS) is 1. The Morgan fingerprint density at radius 3 is 2.19 bits per heavy atom. The summed E-state index contributed by atoms with van der Waals surface area (Å²) in [5.74, 6) is -1.30. The van der Waals surface area contributed by atoms with Gasteiger partial charge in [-0.25, -0.2) is 4.98 Å². The molecule has 0 unspecified atom stereocenters. The molecule has 5 rings (SSSR count). The Labute approximate surface area is 224 Å². The zero-order valence-corrected chi connectivity index (χ0v) is 21.3. The maximum absolute atomic E-state index is 13.1. The molecule has 1 amide bonds. The molecular formula is C30H21N2O3S2-. The minimum atomic E-state index is -1.13. The third-order valence-corrected chi connectivity index (χ3v) is 7.30. The quantitative estimate of drug-likeness (QED) is 0.249. The number of thiocarbonyl (C=S) groups is 1. The molecule has 1 fully saturated rings. The Morgan fingerprint density at radius 2 is 1.49 bits per heavy atom. The molecule has 0 bridgehead atoms. The van der Waals surface area contributed by atoms with Crippen molar-refractivity contribution in [2.45, 2.75) is 13.0 Å². The van der Waals surface area contributed by atoms with Crippen LogP contribution in [0, 0.1) is 0 Å².